The van der Waals surface area contributed by atoms with Crippen LogP contribution < -0.4 is 5.32 Å². The minimum absolute atomic E-state index is 0.0819. The molecule has 0 spiro atoms. The molecule has 0 aliphatic heterocycles. The van der Waals surface area contributed by atoms with Gasteiger partial charge < -0.3 is 15.2 Å². The van der Waals surface area contributed by atoms with Crippen LogP contribution in [0, 0.1) is 5.92 Å². The Balaban J connectivity index is 2.71. The molecule has 2 atom stereocenters. The van der Waals surface area contributed by atoms with Crippen LogP contribution >= 0.6 is 0 Å². The summed E-state index contributed by atoms with van der Waals surface area (Å²) in [6, 6.07) is 1.78. The number of pyridine rings is 1. The number of aromatic nitrogens is 1. The van der Waals surface area contributed by atoms with Crippen molar-refractivity contribution in [1.82, 2.24) is 10.3 Å². The molecule has 1 heterocycles. The summed E-state index contributed by atoms with van der Waals surface area (Å²) >= 11 is 0. The quantitative estimate of drug-likeness (QED) is 0.722. The number of carboxylic acids is 1. The standard InChI is InChI=1S/C14H18N2O5/c1-3-21-11(17)8-9(2)12(14(19)20)16-13(18)10-4-6-15-7-5-10/h4-7,9,12H,3,8H2,1-2H3,(H,16,18)(H,19,20)/t9-,12-/m1/s1. The van der Waals surface area contributed by atoms with Crippen LogP contribution in [0.4, 0.5) is 0 Å². The Morgan fingerprint density at radius 3 is 2.48 bits per heavy atom. The fourth-order valence-corrected chi connectivity index (χ4v) is 1.78. The van der Waals surface area contributed by atoms with Crippen molar-refractivity contribution in [2.45, 2.75) is 26.3 Å². The molecular weight excluding hydrogens is 276 g/mol. The number of hydrogen-bond donors (Lipinski definition) is 2. The van der Waals surface area contributed by atoms with E-state index in [-0.39, 0.29) is 13.0 Å². The van der Waals surface area contributed by atoms with Crippen molar-refractivity contribution in [3.05, 3.63) is 30.1 Å². The van der Waals surface area contributed by atoms with E-state index >= 15 is 0 Å². The van der Waals surface area contributed by atoms with E-state index in [1.54, 1.807) is 13.8 Å². The number of carbonyl (C=O) groups is 3. The monoisotopic (exact) mass is 294 g/mol. The molecular formula is C14H18N2O5. The molecule has 0 fully saturated rings. The maximum atomic E-state index is 12.0. The second-order valence-corrected chi connectivity index (χ2v) is 4.51. The molecule has 1 amide bonds. The summed E-state index contributed by atoms with van der Waals surface area (Å²) in [5.41, 5.74) is 0.305. The summed E-state index contributed by atoms with van der Waals surface area (Å²) in [6.07, 6.45) is 2.79. The van der Waals surface area contributed by atoms with Gasteiger partial charge in [-0.15, -0.1) is 0 Å². The lowest BCUT2D eigenvalue weighted by Gasteiger charge is -2.20. The van der Waals surface area contributed by atoms with Crippen molar-refractivity contribution in [2.75, 3.05) is 6.61 Å². The zero-order chi connectivity index (χ0) is 15.8. The summed E-state index contributed by atoms with van der Waals surface area (Å²) < 4.78 is 4.78. The number of nitrogens with one attached hydrogen (secondary N) is 1. The summed E-state index contributed by atoms with van der Waals surface area (Å²) in [5.74, 6) is -2.81. The van der Waals surface area contributed by atoms with Crippen LogP contribution in [0.1, 0.15) is 30.6 Å². The largest absolute Gasteiger partial charge is 0.480 e. The van der Waals surface area contributed by atoms with Gasteiger partial charge in [-0.05, 0) is 25.0 Å². The predicted octanol–water partition coefficient (Wildman–Crippen LogP) is 0.854. The Kier molecular flexibility index (Phi) is 6.32. The average Bonchev–Trinajstić information content (AvgIpc) is 2.45. The lowest BCUT2D eigenvalue weighted by atomic mass is 9.98. The van der Waals surface area contributed by atoms with Gasteiger partial charge in [0.15, 0.2) is 0 Å². The van der Waals surface area contributed by atoms with Crippen molar-refractivity contribution < 1.29 is 24.2 Å². The Hall–Kier alpha value is -2.44. The van der Waals surface area contributed by atoms with Gasteiger partial charge >= 0.3 is 11.9 Å². The fourth-order valence-electron chi connectivity index (χ4n) is 1.78. The molecule has 1 aromatic heterocycles. The van der Waals surface area contributed by atoms with Gasteiger partial charge in [0.1, 0.15) is 6.04 Å². The third kappa shape index (κ3) is 5.21. The zero-order valence-electron chi connectivity index (χ0n) is 11.9. The Morgan fingerprint density at radius 2 is 1.95 bits per heavy atom. The smallest absolute Gasteiger partial charge is 0.326 e. The highest BCUT2D eigenvalue weighted by atomic mass is 16.5. The Morgan fingerprint density at radius 1 is 1.33 bits per heavy atom. The molecule has 0 bridgehead atoms. The molecule has 0 saturated carbocycles. The van der Waals surface area contributed by atoms with Gasteiger partial charge in [0.2, 0.25) is 0 Å². The van der Waals surface area contributed by atoms with Crippen LogP contribution in [0.25, 0.3) is 0 Å². The molecule has 21 heavy (non-hydrogen) atoms. The summed E-state index contributed by atoms with van der Waals surface area (Å²) in [6.45, 7) is 3.47. The molecule has 114 valence electrons. The van der Waals surface area contributed by atoms with Crippen molar-refractivity contribution >= 4 is 17.8 Å². The van der Waals surface area contributed by atoms with Crippen LogP contribution in [0.3, 0.4) is 0 Å². The third-order valence-corrected chi connectivity index (χ3v) is 2.86. The van der Waals surface area contributed by atoms with Gasteiger partial charge in [-0.25, -0.2) is 4.79 Å². The number of carboxylic acid groups (broad SMARTS) is 1. The highest BCUT2D eigenvalue weighted by Gasteiger charge is 2.28. The van der Waals surface area contributed by atoms with Crippen molar-refractivity contribution in [2.24, 2.45) is 5.92 Å². The second kappa shape index (κ2) is 7.98. The molecule has 2 N–H and O–H groups in total. The Labute approximate surface area is 122 Å². The lowest BCUT2D eigenvalue weighted by molar-refractivity contribution is -0.145. The molecule has 7 nitrogen and oxygen atoms in total. The molecule has 1 aromatic rings. The van der Waals surface area contributed by atoms with Crippen molar-refractivity contribution in [3.8, 4) is 0 Å². The molecule has 0 aliphatic rings. The minimum Gasteiger partial charge on any atom is -0.480 e. The number of hydrogen-bond acceptors (Lipinski definition) is 5. The number of amides is 1. The number of rotatable bonds is 7. The molecule has 1 rings (SSSR count). The molecule has 0 aromatic carbocycles. The van der Waals surface area contributed by atoms with Gasteiger partial charge in [0.25, 0.3) is 5.91 Å². The SMILES string of the molecule is CCOC(=O)C[C@@H](C)[C@@H](NC(=O)c1ccncc1)C(=O)O. The lowest BCUT2D eigenvalue weighted by Crippen LogP contribution is -2.45. The van der Waals surface area contributed by atoms with Crippen molar-refractivity contribution in [3.63, 3.8) is 0 Å². The number of ether oxygens (including phenoxy) is 1. The van der Waals surface area contributed by atoms with Crippen LogP contribution in [0.2, 0.25) is 0 Å². The van der Waals surface area contributed by atoms with Crippen LogP contribution in [-0.2, 0) is 14.3 Å². The van der Waals surface area contributed by atoms with Gasteiger partial charge in [-0.2, -0.15) is 0 Å². The molecule has 7 heteroatoms. The predicted molar refractivity (Wildman–Crippen MR) is 73.5 cm³/mol. The first-order valence-corrected chi connectivity index (χ1v) is 6.55. The van der Waals surface area contributed by atoms with E-state index in [0.717, 1.165) is 0 Å². The average molecular weight is 294 g/mol. The zero-order valence-corrected chi connectivity index (χ0v) is 11.9. The number of aliphatic carboxylic acids is 1. The van der Waals surface area contributed by atoms with E-state index < -0.39 is 29.8 Å². The molecule has 0 radical (unpaired) electrons. The van der Waals surface area contributed by atoms with E-state index in [9.17, 15) is 19.5 Å². The van der Waals surface area contributed by atoms with Gasteiger partial charge in [-0.1, -0.05) is 6.92 Å². The minimum atomic E-state index is -1.20. The normalized spacial score (nSPS) is 13.0. The van der Waals surface area contributed by atoms with Crippen LogP contribution in [0.5, 0.6) is 0 Å². The van der Waals surface area contributed by atoms with E-state index in [1.165, 1.54) is 24.5 Å². The summed E-state index contributed by atoms with van der Waals surface area (Å²) in [7, 11) is 0. The fraction of sp³-hybridized carbons (Fsp3) is 0.429. The van der Waals surface area contributed by atoms with E-state index in [0.29, 0.717) is 5.56 Å². The maximum absolute atomic E-state index is 12.0. The number of esters is 1. The topological polar surface area (TPSA) is 106 Å². The van der Waals surface area contributed by atoms with Crippen molar-refractivity contribution in [1.29, 1.82) is 0 Å². The molecule has 0 saturated heterocycles. The highest BCUT2D eigenvalue weighted by Crippen LogP contribution is 2.11. The van der Waals surface area contributed by atoms with Crippen LogP contribution in [0.15, 0.2) is 24.5 Å². The Bertz CT molecular complexity index is 503. The van der Waals surface area contributed by atoms with E-state index in [2.05, 4.69) is 10.3 Å². The van der Waals surface area contributed by atoms with Gasteiger partial charge in [-0.3, -0.25) is 14.6 Å². The van der Waals surface area contributed by atoms with Crippen LogP contribution in [-0.4, -0.2) is 40.6 Å². The second-order valence-electron chi connectivity index (χ2n) is 4.51. The van der Waals surface area contributed by atoms with E-state index in [1.807, 2.05) is 0 Å². The molecule has 0 unspecified atom stereocenters. The summed E-state index contributed by atoms with van der Waals surface area (Å²) in [5, 5.41) is 11.6. The summed E-state index contributed by atoms with van der Waals surface area (Å²) in [4.78, 5) is 38.4. The van der Waals surface area contributed by atoms with Gasteiger partial charge in [0.05, 0.1) is 13.0 Å². The number of carbonyl (C=O) groups excluding carboxylic acids is 2. The third-order valence-electron chi connectivity index (χ3n) is 2.86. The van der Waals surface area contributed by atoms with E-state index in [4.69, 9.17) is 4.74 Å². The molecule has 0 aliphatic carbocycles. The first kappa shape index (κ1) is 16.6. The number of nitrogens with zero attached hydrogens (tertiary/aromatic N) is 1. The van der Waals surface area contributed by atoms with Gasteiger partial charge in [0, 0.05) is 18.0 Å². The maximum Gasteiger partial charge on any atom is 0.326 e. The highest BCUT2D eigenvalue weighted by molar-refractivity contribution is 5.96. The first-order valence-electron chi connectivity index (χ1n) is 6.55. The first-order chi connectivity index (χ1) is 9.95.